The minimum absolute atomic E-state index is 0.00457. The molecule has 1 saturated heterocycles. The molecule has 1 aliphatic heterocycles. The number of hydrogen-bond donors (Lipinski definition) is 1. The van der Waals surface area contributed by atoms with Crippen LogP contribution in [0.4, 0.5) is 10.1 Å². The molecule has 1 unspecified atom stereocenters. The summed E-state index contributed by atoms with van der Waals surface area (Å²) >= 11 is 6.17. The van der Waals surface area contributed by atoms with Gasteiger partial charge in [0.25, 0.3) is 5.91 Å². The summed E-state index contributed by atoms with van der Waals surface area (Å²) in [6.45, 7) is 3.42. The predicted molar refractivity (Wildman–Crippen MR) is 119 cm³/mol. The van der Waals surface area contributed by atoms with Crippen molar-refractivity contribution in [1.29, 1.82) is 0 Å². The monoisotopic (exact) mass is 442 g/mol. The van der Waals surface area contributed by atoms with E-state index >= 15 is 0 Å². The minimum Gasteiger partial charge on any atom is -0.495 e. The van der Waals surface area contributed by atoms with Crippen LogP contribution in [0.15, 0.2) is 48.7 Å². The highest BCUT2D eigenvalue weighted by Gasteiger charge is 2.27. The maximum absolute atomic E-state index is 13.3. The summed E-state index contributed by atoms with van der Waals surface area (Å²) in [6.07, 6.45) is 3.01. The third kappa shape index (κ3) is 4.37. The van der Waals surface area contributed by atoms with Crippen molar-refractivity contribution in [2.24, 2.45) is 0 Å². The number of nitrogens with zero attached hydrogens (tertiary/aromatic N) is 3. The lowest BCUT2D eigenvalue weighted by Crippen LogP contribution is -2.37. The van der Waals surface area contributed by atoms with Crippen LogP contribution in [0, 0.1) is 5.82 Å². The van der Waals surface area contributed by atoms with Crippen molar-refractivity contribution in [3.63, 3.8) is 0 Å². The van der Waals surface area contributed by atoms with E-state index < -0.39 is 0 Å². The molecule has 4 rings (SSSR count). The first kappa shape index (κ1) is 21.2. The number of anilines is 1. The van der Waals surface area contributed by atoms with Gasteiger partial charge in [0.1, 0.15) is 11.6 Å². The number of nitrogens with one attached hydrogen (secondary N) is 1. The number of benzene rings is 2. The number of hydrogen-bond acceptors (Lipinski definition) is 4. The first-order chi connectivity index (χ1) is 15.0. The van der Waals surface area contributed by atoms with Crippen LogP contribution in [0.3, 0.4) is 0 Å². The molecule has 3 aromatic rings. The van der Waals surface area contributed by atoms with Crippen molar-refractivity contribution in [2.45, 2.75) is 25.8 Å². The number of halogens is 2. The Hall–Kier alpha value is -3.06. The maximum atomic E-state index is 13.3. The molecule has 162 valence electrons. The lowest BCUT2D eigenvalue weighted by atomic mass is 10.1. The largest absolute Gasteiger partial charge is 0.495 e. The molecule has 31 heavy (non-hydrogen) atoms. The number of aromatic nitrogens is 2. The van der Waals surface area contributed by atoms with Gasteiger partial charge in [-0.2, -0.15) is 5.10 Å². The number of methoxy groups -OCH3 is 1. The summed E-state index contributed by atoms with van der Waals surface area (Å²) in [5.74, 6) is 0.286. The van der Waals surface area contributed by atoms with E-state index in [0.717, 1.165) is 35.8 Å². The molecule has 1 aliphatic rings. The summed E-state index contributed by atoms with van der Waals surface area (Å²) in [5, 5.41) is 8.14. The van der Waals surface area contributed by atoms with E-state index in [0.29, 0.717) is 23.6 Å². The Morgan fingerprint density at radius 1 is 1.29 bits per heavy atom. The van der Waals surface area contributed by atoms with Crippen LogP contribution in [-0.4, -0.2) is 41.9 Å². The topological polar surface area (TPSA) is 59.4 Å². The van der Waals surface area contributed by atoms with Gasteiger partial charge in [-0.3, -0.25) is 4.79 Å². The Balaban J connectivity index is 1.48. The van der Waals surface area contributed by atoms with Crippen LogP contribution in [-0.2, 0) is 6.42 Å². The highest BCUT2D eigenvalue weighted by molar-refractivity contribution is 6.30. The van der Waals surface area contributed by atoms with Gasteiger partial charge >= 0.3 is 0 Å². The minimum atomic E-state index is -0.311. The number of carbonyl (C=O) groups is 1. The number of ether oxygens (including phenoxy) is 1. The van der Waals surface area contributed by atoms with Crippen LogP contribution >= 0.6 is 11.6 Å². The van der Waals surface area contributed by atoms with Crippen molar-refractivity contribution in [3.8, 4) is 11.4 Å². The van der Waals surface area contributed by atoms with E-state index in [9.17, 15) is 9.18 Å². The molecule has 0 aliphatic carbocycles. The van der Waals surface area contributed by atoms with Gasteiger partial charge in [-0.25, -0.2) is 9.07 Å². The Kier molecular flexibility index (Phi) is 6.13. The molecule has 6 nitrogen and oxygen atoms in total. The standard InChI is InChI=1S/C23H24ClFN4O2/c1-3-20-19(13-26-29(20)18-7-5-16(25)6-8-18)23(30)27-17-10-11-28(14-17)21-12-15(24)4-9-22(21)31-2/h4-9,12-13,17H,3,10-11,14H2,1-2H3,(H,27,30). The Morgan fingerprint density at radius 3 is 2.77 bits per heavy atom. The molecular weight excluding hydrogens is 419 g/mol. The molecule has 0 bridgehead atoms. The lowest BCUT2D eigenvalue weighted by molar-refractivity contribution is 0.0939. The van der Waals surface area contributed by atoms with E-state index in [1.165, 1.54) is 12.1 Å². The maximum Gasteiger partial charge on any atom is 0.255 e. The van der Waals surface area contributed by atoms with Gasteiger partial charge in [0.05, 0.1) is 35.9 Å². The SMILES string of the molecule is CCc1c(C(=O)NC2CCN(c3cc(Cl)ccc3OC)C2)cnn1-c1ccc(F)cc1. The zero-order chi connectivity index (χ0) is 22.0. The third-order valence-electron chi connectivity index (χ3n) is 5.52. The fourth-order valence-electron chi connectivity index (χ4n) is 3.98. The summed E-state index contributed by atoms with van der Waals surface area (Å²) in [7, 11) is 1.63. The first-order valence-corrected chi connectivity index (χ1v) is 10.6. The summed E-state index contributed by atoms with van der Waals surface area (Å²) in [6, 6.07) is 11.6. The fraction of sp³-hybridized carbons (Fsp3) is 0.304. The van der Waals surface area contributed by atoms with Crippen molar-refractivity contribution in [3.05, 3.63) is 70.8 Å². The number of amides is 1. The first-order valence-electron chi connectivity index (χ1n) is 10.2. The molecule has 2 aromatic carbocycles. The van der Waals surface area contributed by atoms with Gasteiger partial charge in [0, 0.05) is 24.2 Å². The molecule has 1 atom stereocenters. The molecule has 1 fully saturated rings. The summed E-state index contributed by atoms with van der Waals surface area (Å²) in [5.41, 5.74) is 2.96. The van der Waals surface area contributed by atoms with Crippen molar-refractivity contribution in [2.75, 3.05) is 25.1 Å². The van der Waals surface area contributed by atoms with Gasteiger partial charge in [0.2, 0.25) is 0 Å². The Morgan fingerprint density at radius 2 is 2.06 bits per heavy atom. The zero-order valence-electron chi connectivity index (χ0n) is 17.4. The Bertz CT molecular complexity index is 1080. The molecule has 1 amide bonds. The highest BCUT2D eigenvalue weighted by atomic mass is 35.5. The number of carbonyl (C=O) groups excluding carboxylic acids is 1. The average Bonchev–Trinajstić information content (AvgIpc) is 3.41. The van der Waals surface area contributed by atoms with Gasteiger partial charge in [0.15, 0.2) is 0 Å². The van der Waals surface area contributed by atoms with Gasteiger partial charge < -0.3 is 15.0 Å². The van der Waals surface area contributed by atoms with E-state index in [4.69, 9.17) is 16.3 Å². The molecular formula is C23H24ClFN4O2. The second-order valence-electron chi connectivity index (χ2n) is 7.47. The van der Waals surface area contributed by atoms with Crippen molar-refractivity contribution in [1.82, 2.24) is 15.1 Å². The molecule has 1 aromatic heterocycles. The number of rotatable bonds is 6. The normalized spacial score (nSPS) is 15.9. The molecule has 2 heterocycles. The van der Waals surface area contributed by atoms with Gasteiger partial charge in [-0.1, -0.05) is 18.5 Å². The van der Waals surface area contributed by atoms with Crippen molar-refractivity contribution < 1.29 is 13.9 Å². The highest BCUT2D eigenvalue weighted by Crippen LogP contribution is 2.33. The van der Waals surface area contributed by atoms with Crippen LogP contribution in [0.5, 0.6) is 5.75 Å². The van der Waals surface area contributed by atoms with Crippen LogP contribution in [0.1, 0.15) is 29.4 Å². The average molecular weight is 443 g/mol. The molecule has 8 heteroatoms. The fourth-order valence-corrected chi connectivity index (χ4v) is 4.15. The van der Waals surface area contributed by atoms with Crippen LogP contribution in [0.25, 0.3) is 5.69 Å². The van der Waals surface area contributed by atoms with E-state index in [1.807, 2.05) is 19.1 Å². The molecule has 0 spiro atoms. The smallest absolute Gasteiger partial charge is 0.255 e. The van der Waals surface area contributed by atoms with Crippen LogP contribution < -0.4 is 15.0 Å². The third-order valence-corrected chi connectivity index (χ3v) is 5.76. The summed E-state index contributed by atoms with van der Waals surface area (Å²) in [4.78, 5) is 15.2. The lowest BCUT2D eigenvalue weighted by Gasteiger charge is -2.21. The van der Waals surface area contributed by atoms with Crippen molar-refractivity contribution >= 4 is 23.2 Å². The van der Waals surface area contributed by atoms with Gasteiger partial charge in [-0.05, 0) is 55.3 Å². The second-order valence-corrected chi connectivity index (χ2v) is 7.90. The second kappa shape index (κ2) is 8.98. The van der Waals surface area contributed by atoms with Gasteiger partial charge in [-0.15, -0.1) is 0 Å². The molecule has 0 saturated carbocycles. The summed E-state index contributed by atoms with van der Waals surface area (Å²) < 4.78 is 20.4. The molecule has 0 radical (unpaired) electrons. The van der Waals surface area contributed by atoms with E-state index in [1.54, 1.807) is 36.2 Å². The zero-order valence-corrected chi connectivity index (χ0v) is 18.2. The quantitative estimate of drug-likeness (QED) is 0.620. The molecule has 1 N–H and O–H groups in total. The Labute approximate surface area is 185 Å². The van der Waals surface area contributed by atoms with Crippen LogP contribution in [0.2, 0.25) is 5.02 Å². The van der Waals surface area contributed by atoms with E-state index in [2.05, 4.69) is 15.3 Å². The predicted octanol–water partition coefficient (Wildman–Crippen LogP) is 4.24. The van der Waals surface area contributed by atoms with E-state index in [-0.39, 0.29) is 17.8 Å².